The monoisotopic (exact) mass is 288 g/mol. The summed E-state index contributed by atoms with van der Waals surface area (Å²) in [6.45, 7) is -1.07. The molecule has 19 heavy (non-hydrogen) atoms. The standard InChI is InChI=1S/C8H5F5N2O4/c9-6(10)4-3(2-16)1-14-7(15(17)18)5(4)19-8(11,12)13/h1,6,16H,2H2. The second kappa shape index (κ2) is 5.30. The molecular weight excluding hydrogens is 283 g/mol. The third-order valence-corrected chi connectivity index (χ3v) is 1.92. The molecule has 0 aliphatic heterocycles. The molecule has 0 saturated heterocycles. The number of nitro groups is 1. The van der Waals surface area contributed by atoms with E-state index >= 15 is 0 Å². The van der Waals surface area contributed by atoms with Crippen LogP contribution < -0.4 is 4.74 Å². The molecule has 0 aliphatic rings. The quantitative estimate of drug-likeness (QED) is 0.522. The molecule has 1 rings (SSSR count). The molecule has 0 spiro atoms. The summed E-state index contributed by atoms with van der Waals surface area (Å²) in [6.07, 6.45) is -8.44. The number of aromatic nitrogens is 1. The molecule has 1 N–H and O–H groups in total. The van der Waals surface area contributed by atoms with Gasteiger partial charge in [-0.1, -0.05) is 0 Å². The average Bonchev–Trinajstić information content (AvgIpc) is 2.25. The zero-order valence-electron chi connectivity index (χ0n) is 8.82. The third kappa shape index (κ3) is 3.47. The molecule has 11 heteroatoms. The summed E-state index contributed by atoms with van der Waals surface area (Å²) in [5.74, 6) is -3.23. The molecule has 0 amide bonds. The van der Waals surface area contributed by atoms with Crippen LogP contribution in [0.5, 0.6) is 5.75 Å². The molecule has 1 aromatic heterocycles. The van der Waals surface area contributed by atoms with Crippen LogP contribution in [0.2, 0.25) is 0 Å². The number of halogens is 5. The van der Waals surface area contributed by atoms with E-state index in [9.17, 15) is 32.1 Å². The lowest BCUT2D eigenvalue weighted by Crippen LogP contribution is -2.20. The largest absolute Gasteiger partial charge is 0.573 e. The van der Waals surface area contributed by atoms with Crippen LogP contribution >= 0.6 is 0 Å². The highest BCUT2D eigenvalue weighted by Crippen LogP contribution is 2.40. The Morgan fingerprint density at radius 1 is 1.47 bits per heavy atom. The van der Waals surface area contributed by atoms with Crippen LogP contribution in [-0.4, -0.2) is 21.4 Å². The number of hydrogen-bond acceptors (Lipinski definition) is 5. The van der Waals surface area contributed by atoms with Gasteiger partial charge >= 0.3 is 12.2 Å². The van der Waals surface area contributed by atoms with Crippen molar-refractivity contribution in [3.63, 3.8) is 0 Å². The van der Waals surface area contributed by atoms with Gasteiger partial charge in [-0.3, -0.25) is 0 Å². The van der Waals surface area contributed by atoms with Crippen LogP contribution in [0, 0.1) is 10.1 Å². The summed E-state index contributed by atoms with van der Waals surface area (Å²) >= 11 is 0. The maximum atomic E-state index is 12.7. The lowest BCUT2D eigenvalue weighted by atomic mass is 10.1. The lowest BCUT2D eigenvalue weighted by Gasteiger charge is -2.14. The Kier molecular flexibility index (Phi) is 4.19. The van der Waals surface area contributed by atoms with Gasteiger partial charge in [0.05, 0.1) is 12.2 Å². The second-order valence-corrected chi connectivity index (χ2v) is 3.11. The summed E-state index contributed by atoms with van der Waals surface area (Å²) in [7, 11) is 0. The number of aliphatic hydroxyl groups is 1. The molecule has 106 valence electrons. The van der Waals surface area contributed by atoms with Crippen molar-refractivity contribution in [1.29, 1.82) is 0 Å². The van der Waals surface area contributed by atoms with Gasteiger partial charge in [0, 0.05) is 5.56 Å². The highest BCUT2D eigenvalue weighted by Gasteiger charge is 2.39. The van der Waals surface area contributed by atoms with Crippen molar-refractivity contribution in [2.24, 2.45) is 0 Å². The topological polar surface area (TPSA) is 85.5 Å². The molecule has 0 aliphatic carbocycles. The zero-order valence-corrected chi connectivity index (χ0v) is 8.82. The van der Waals surface area contributed by atoms with Crippen molar-refractivity contribution < 1.29 is 36.7 Å². The van der Waals surface area contributed by atoms with E-state index in [2.05, 4.69) is 9.72 Å². The van der Waals surface area contributed by atoms with Gasteiger partial charge in [0.1, 0.15) is 6.20 Å². The van der Waals surface area contributed by atoms with Crippen molar-refractivity contribution in [2.75, 3.05) is 0 Å². The number of pyridine rings is 1. The smallest absolute Gasteiger partial charge is 0.396 e. The summed E-state index contributed by atoms with van der Waals surface area (Å²) < 4.78 is 64.9. The molecule has 0 atom stereocenters. The molecule has 0 saturated carbocycles. The first-order chi connectivity index (χ1) is 8.67. The minimum absolute atomic E-state index is 0.489. The van der Waals surface area contributed by atoms with E-state index in [1.807, 2.05) is 0 Å². The molecule has 6 nitrogen and oxygen atoms in total. The molecule has 1 heterocycles. The van der Waals surface area contributed by atoms with Crippen LogP contribution in [0.4, 0.5) is 27.8 Å². The molecule has 0 radical (unpaired) electrons. The number of aliphatic hydroxyl groups excluding tert-OH is 1. The third-order valence-electron chi connectivity index (χ3n) is 1.92. The first kappa shape index (κ1) is 15.0. The van der Waals surface area contributed by atoms with E-state index in [0.717, 1.165) is 0 Å². The van der Waals surface area contributed by atoms with Crippen LogP contribution in [0.1, 0.15) is 17.6 Å². The van der Waals surface area contributed by atoms with Crippen LogP contribution in [0.3, 0.4) is 0 Å². The van der Waals surface area contributed by atoms with Gasteiger partial charge in [0.2, 0.25) is 5.75 Å². The van der Waals surface area contributed by atoms with Gasteiger partial charge in [0.15, 0.2) is 0 Å². The highest BCUT2D eigenvalue weighted by molar-refractivity contribution is 5.50. The molecule has 0 unspecified atom stereocenters. The Hall–Kier alpha value is -2.04. The van der Waals surface area contributed by atoms with E-state index in [1.165, 1.54) is 0 Å². The SMILES string of the molecule is O=[N+]([O-])c1ncc(CO)c(C(F)F)c1OC(F)(F)F. The second-order valence-electron chi connectivity index (χ2n) is 3.11. The van der Waals surface area contributed by atoms with E-state index < -0.39 is 47.0 Å². The van der Waals surface area contributed by atoms with Gasteiger partial charge in [-0.15, -0.1) is 13.2 Å². The van der Waals surface area contributed by atoms with Gasteiger partial charge in [0.25, 0.3) is 6.43 Å². The van der Waals surface area contributed by atoms with E-state index in [4.69, 9.17) is 5.11 Å². The fourth-order valence-corrected chi connectivity index (χ4v) is 1.25. The predicted octanol–water partition coefficient (Wildman–Crippen LogP) is 2.32. The van der Waals surface area contributed by atoms with Crippen molar-refractivity contribution >= 4 is 5.82 Å². The number of rotatable bonds is 4. The number of ether oxygens (including phenoxy) is 1. The van der Waals surface area contributed by atoms with Gasteiger partial charge in [-0.25, -0.2) is 8.78 Å². The highest BCUT2D eigenvalue weighted by atomic mass is 19.4. The first-order valence-corrected chi connectivity index (χ1v) is 4.48. The minimum Gasteiger partial charge on any atom is -0.396 e. The maximum absolute atomic E-state index is 12.7. The summed E-state index contributed by atoms with van der Waals surface area (Å²) in [4.78, 5) is 12.0. The fourth-order valence-electron chi connectivity index (χ4n) is 1.25. The summed E-state index contributed by atoms with van der Waals surface area (Å²) in [5.41, 5.74) is -2.11. The van der Waals surface area contributed by atoms with Crippen molar-refractivity contribution in [1.82, 2.24) is 4.98 Å². The van der Waals surface area contributed by atoms with E-state index in [-0.39, 0.29) is 0 Å². The number of alkyl halides is 5. The van der Waals surface area contributed by atoms with Crippen LogP contribution in [0.15, 0.2) is 6.20 Å². The summed E-state index contributed by atoms with van der Waals surface area (Å²) in [5, 5.41) is 19.2. The molecule has 1 aromatic rings. The molecule has 0 bridgehead atoms. The Bertz CT molecular complexity index is 491. The Morgan fingerprint density at radius 2 is 2.05 bits per heavy atom. The van der Waals surface area contributed by atoms with Crippen molar-refractivity contribution in [2.45, 2.75) is 19.4 Å². The van der Waals surface area contributed by atoms with E-state index in [0.29, 0.717) is 6.20 Å². The van der Waals surface area contributed by atoms with E-state index in [1.54, 1.807) is 0 Å². The Balaban J connectivity index is 3.53. The Labute approximate surface area is 101 Å². The normalized spacial score (nSPS) is 11.7. The van der Waals surface area contributed by atoms with Crippen LogP contribution in [0.25, 0.3) is 0 Å². The molecule has 0 fully saturated rings. The summed E-state index contributed by atoms with van der Waals surface area (Å²) in [6, 6.07) is 0. The predicted molar refractivity (Wildman–Crippen MR) is 48.5 cm³/mol. The van der Waals surface area contributed by atoms with Gasteiger partial charge in [-0.05, 0) is 9.91 Å². The van der Waals surface area contributed by atoms with Gasteiger partial charge < -0.3 is 20.0 Å². The lowest BCUT2D eigenvalue weighted by molar-refractivity contribution is -0.393. The van der Waals surface area contributed by atoms with Crippen molar-refractivity contribution in [3.8, 4) is 5.75 Å². The molecule has 0 aromatic carbocycles. The number of nitrogens with zero attached hydrogens (tertiary/aromatic N) is 2. The average molecular weight is 288 g/mol. The minimum atomic E-state index is -5.41. The first-order valence-electron chi connectivity index (χ1n) is 4.48. The molecular formula is C8H5F5N2O4. The maximum Gasteiger partial charge on any atom is 0.573 e. The number of hydrogen-bond donors (Lipinski definition) is 1. The van der Waals surface area contributed by atoms with Crippen molar-refractivity contribution in [3.05, 3.63) is 27.4 Å². The zero-order chi connectivity index (χ0) is 14.8. The van der Waals surface area contributed by atoms with Crippen LogP contribution in [-0.2, 0) is 6.61 Å². The Morgan fingerprint density at radius 3 is 2.42 bits per heavy atom. The fraction of sp³-hybridized carbons (Fsp3) is 0.375. The van der Waals surface area contributed by atoms with Gasteiger partial charge in [-0.2, -0.15) is 0 Å².